The van der Waals surface area contributed by atoms with Gasteiger partial charge in [0.2, 0.25) is 4.77 Å². The summed E-state index contributed by atoms with van der Waals surface area (Å²) in [5.74, 6) is -0.0945. The van der Waals surface area contributed by atoms with Crippen molar-refractivity contribution in [1.29, 1.82) is 0 Å². The highest BCUT2D eigenvalue weighted by atomic mass is 32.1. The van der Waals surface area contributed by atoms with Crippen LogP contribution in [-0.2, 0) is 4.74 Å². The normalized spacial score (nSPS) is 31.6. The lowest BCUT2D eigenvalue weighted by molar-refractivity contribution is -0.0545. The van der Waals surface area contributed by atoms with Crippen LogP contribution in [0.5, 0.6) is 0 Å². The van der Waals surface area contributed by atoms with Gasteiger partial charge in [0.05, 0.1) is 6.61 Å². The molecule has 1 fully saturated rings. The van der Waals surface area contributed by atoms with E-state index in [1.807, 2.05) is 0 Å². The van der Waals surface area contributed by atoms with Gasteiger partial charge in [0.25, 0.3) is 5.95 Å². The van der Waals surface area contributed by atoms with E-state index in [9.17, 15) is 10.2 Å². The van der Waals surface area contributed by atoms with Crippen LogP contribution < -0.4 is 5.48 Å². The number of aliphatic hydroxyl groups excluding tert-OH is 3. The number of anilines is 1. The highest BCUT2D eigenvalue weighted by molar-refractivity contribution is 7.71. The van der Waals surface area contributed by atoms with Crippen molar-refractivity contribution in [2.24, 2.45) is 0 Å². The molecule has 4 atom stereocenters. The molecule has 2 unspecified atom stereocenters. The molecule has 5 N–H and O–H groups in total. The van der Waals surface area contributed by atoms with E-state index >= 15 is 0 Å². The number of aromatic nitrogens is 3. The molecular formula is C8H12N4O5S. The lowest BCUT2D eigenvalue weighted by atomic mass is 10.1. The van der Waals surface area contributed by atoms with Crippen molar-refractivity contribution in [2.45, 2.75) is 24.5 Å². The van der Waals surface area contributed by atoms with Gasteiger partial charge in [-0.3, -0.25) is 9.77 Å². The fourth-order valence-electron chi connectivity index (χ4n) is 1.68. The van der Waals surface area contributed by atoms with Gasteiger partial charge >= 0.3 is 0 Å². The fraction of sp³-hybridized carbons (Fsp3) is 0.625. The molecule has 100 valence electrons. The number of ether oxygens (including phenoxy) is 1. The maximum atomic E-state index is 9.79. The highest BCUT2D eigenvalue weighted by Crippen LogP contribution is 2.29. The van der Waals surface area contributed by atoms with Gasteiger partial charge in [-0.25, -0.2) is 10.5 Å². The van der Waals surface area contributed by atoms with Crippen molar-refractivity contribution in [1.82, 2.24) is 14.5 Å². The summed E-state index contributed by atoms with van der Waals surface area (Å²) in [6.07, 6.45) is -3.17. The second kappa shape index (κ2) is 5.22. The number of aliphatic hydroxyl groups is 3. The topological polar surface area (TPSA) is 133 Å². The van der Waals surface area contributed by atoms with Crippen LogP contribution in [0.3, 0.4) is 0 Å². The quantitative estimate of drug-likeness (QED) is 0.327. The van der Waals surface area contributed by atoms with Crippen molar-refractivity contribution in [3.05, 3.63) is 11.1 Å². The Morgan fingerprint density at radius 2 is 2.17 bits per heavy atom. The summed E-state index contributed by atoms with van der Waals surface area (Å²) in [7, 11) is 0. The minimum absolute atomic E-state index is 0.00334. The number of nitrogens with one attached hydrogen (secondary N) is 1. The van der Waals surface area contributed by atoms with Crippen molar-refractivity contribution in [3.63, 3.8) is 0 Å². The average molecular weight is 276 g/mol. The van der Waals surface area contributed by atoms with E-state index in [2.05, 4.69) is 9.97 Å². The molecule has 0 spiro atoms. The molecular weight excluding hydrogens is 264 g/mol. The number of hydrogen-bond acceptors (Lipinski definition) is 9. The van der Waals surface area contributed by atoms with Crippen LogP contribution in [-0.4, -0.2) is 60.0 Å². The van der Waals surface area contributed by atoms with Crippen LogP contribution in [0.4, 0.5) is 5.95 Å². The Bertz CT molecular complexity index is 483. The highest BCUT2D eigenvalue weighted by Gasteiger charge is 2.43. The third-order valence-electron chi connectivity index (χ3n) is 2.62. The lowest BCUT2D eigenvalue weighted by Crippen LogP contribution is -2.33. The van der Waals surface area contributed by atoms with E-state index in [-0.39, 0.29) is 10.7 Å². The Morgan fingerprint density at radius 3 is 2.67 bits per heavy atom. The standard InChI is InChI=1S/C8H12N4O5S/c13-1-3-4(14)5(15)6(17-3)12-2-9-7(11-16)10-8(12)18/h2-6,13-16H,1H2,(H,10,11,18)/t3-,4?,5?,6-/m1/s1. The molecule has 0 aromatic carbocycles. The Labute approximate surface area is 106 Å². The third-order valence-corrected chi connectivity index (χ3v) is 2.92. The maximum absolute atomic E-state index is 9.79. The summed E-state index contributed by atoms with van der Waals surface area (Å²) in [6, 6.07) is 0. The summed E-state index contributed by atoms with van der Waals surface area (Å²) in [6.45, 7) is -0.431. The van der Waals surface area contributed by atoms with Crippen molar-refractivity contribution < 1.29 is 25.3 Å². The minimum atomic E-state index is -1.26. The zero-order valence-corrected chi connectivity index (χ0v) is 9.86. The molecule has 0 saturated carbocycles. The summed E-state index contributed by atoms with van der Waals surface area (Å²) in [5.41, 5.74) is 1.73. The minimum Gasteiger partial charge on any atom is -0.394 e. The molecule has 10 heteroatoms. The SMILES string of the molecule is OC[C@H]1O[C@@H](n2cnc(NO)nc2=S)C(O)C1O. The molecule has 1 aromatic heterocycles. The zero-order valence-electron chi connectivity index (χ0n) is 9.04. The molecule has 2 heterocycles. The molecule has 1 aromatic rings. The molecule has 1 aliphatic rings. The molecule has 18 heavy (non-hydrogen) atoms. The first-order chi connectivity index (χ1) is 8.58. The smallest absolute Gasteiger partial charge is 0.251 e. The van der Waals surface area contributed by atoms with Gasteiger partial charge in [-0.1, -0.05) is 0 Å². The lowest BCUT2D eigenvalue weighted by Gasteiger charge is -2.17. The fourth-order valence-corrected chi connectivity index (χ4v) is 1.92. The van der Waals surface area contributed by atoms with Crippen molar-refractivity contribution in [2.75, 3.05) is 12.1 Å². The van der Waals surface area contributed by atoms with Crippen molar-refractivity contribution in [3.8, 4) is 0 Å². The summed E-state index contributed by atoms with van der Waals surface area (Å²) in [4.78, 5) is 7.42. The van der Waals surface area contributed by atoms with Crippen LogP contribution in [0.2, 0.25) is 0 Å². The number of rotatable bonds is 3. The Hall–Kier alpha value is -1.17. The van der Waals surface area contributed by atoms with Gasteiger partial charge in [-0.2, -0.15) is 4.98 Å². The van der Waals surface area contributed by atoms with Crippen LogP contribution >= 0.6 is 12.2 Å². The predicted octanol–water partition coefficient (Wildman–Crippen LogP) is -1.58. The number of hydrogen-bond donors (Lipinski definition) is 5. The van der Waals surface area contributed by atoms with Gasteiger partial charge in [0.1, 0.15) is 24.6 Å². The molecule has 0 amide bonds. The summed E-state index contributed by atoms with van der Waals surface area (Å²) < 4.78 is 6.48. The van der Waals surface area contributed by atoms with E-state index in [0.29, 0.717) is 0 Å². The van der Waals surface area contributed by atoms with Gasteiger partial charge in [0, 0.05) is 0 Å². The second-order valence-corrected chi connectivity index (χ2v) is 4.08. The van der Waals surface area contributed by atoms with Crippen LogP contribution in [0.15, 0.2) is 6.33 Å². The molecule has 1 aliphatic heterocycles. The average Bonchev–Trinajstić information content (AvgIpc) is 2.66. The van der Waals surface area contributed by atoms with Crippen LogP contribution in [0, 0.1) is 4.77 Å². The third kappa shape index (κ3) is 2.21. The first-order valence-corrected chi connectivity index (χ1v) is 5.47. The molecule has 1 saturated heterocycles. The Morgan fingerprint density at radius 1 is 1.44 bits per heavy atom. The Balaban J connectivity index is 2.30. The summed E-state index contributed by atoms with van der Waals surface area (Å²) >= 11 is 4.93. The van der Waals surface area contributed by atoms with E-state index in [4.69, 9.17) is 27.3 Å². The number of nitrogens with zero attached hydrogens (tertiary/aromatic N) is 3. The first kappa shape index (κ1) is 13.3. The predicted molar refractivity (Wildman–Crippen MR) is 59.3 cm³/mol. The zero-order chi connectivity index (χ0) is 13.3. The largest absolute Gasteiger partial charge is 0.394 e. The van der Waals surface area contributed by atoms with Crippen molar-refractivity contribution >= 4 is 18.2 Å². The van der Waals surface area contributed by atoms with E-state index in [1.165, 1.54) is 10.9 Å². The van der Waals surface area contributed by atoms with E-state index in [0.717, 1.165) is 0 Å². The molecule has 2 rings (SSSR count). The first-order valence-electron chi connectivity index (χ1n) is 5.06. The van der Waals surface area contributed by atoms with Gasteiger partial charge in [0.15, 0.2) is 6.23 Å². The molecule has 0 radical (unpaired) electrons. The molecule has 0 bridgehead atoms. The van der Waals surface area contributed by atoms with Gasteiger partial charge in [-0.05, 0) is 12.2 Å². The second-order valence-electron chi connectivity index (χ2n) is 3.71. The van der Waals surface area contributed by atoms with Crippen LogP contribution in [0.25, 0.3) is 0 Å². The molecule has 0 aliphatic carbocycles. The van der Waals surface area contributed by atoms with Gasteiger partial charge < -0.3 is 20.1 Å². The van der Waals surface area contributed by atoms with Gasteiger partial charge in [-0.15, -0.1) is 0 Å². The molecule has 9 nitrogen and oxygen atoms in total. The monoisotopic (exact) mass is 276 g/mol. The van der Waals surface area contributed by atoms with E-state index < -0.39 is 31.1 Å². The van der Waals surface area contributed by atoms with E-state index in [1.54, 1.807) is 5.48 Å². The Kier molecular flexibility index (Phi) is 3.85. The summed E-state index contributed by atoms with van der Waals surface area (Å²) in [5, 5.41) is 37.0. The maximum Gasteiger partial charge on any atom is 0.251 e. The van der Waals surface area contributed by atoms with Crippen LogP contribution in [0.1, 0.15) is 6.23 Å².